The summed E-state index contributed by atoms with van der Waals surface area (Å²) in [6.45, 7) is 0.535. The van der Waals surface area contributed by atoms with Crippen LogP contribution in [0.5, 0.6) is 0 Å². The maximum Gasteiger partial charge on any atom is 0.410 e. The van der Waals surface area contributed by atoms with Crippen molar-refractivity contribution in [2.45, 2.75) is 57.2 Å². The molecule has 3 atom stereocenters. The number of carbonyl (C=O) groups is 4. The van der Waals surface area contributed by atoms with Crippen LogP contribution in [0, 0.1) is 5.92 Å². The van der Waals surface area contributed by atoms with Crippen molar-refractivity contribution in [1.29, 1.82) is 0 Å². The van der Waals surface area contributed by atoms with Gasteiger partial charge in [0.15, 0.2) is 0 Å². The van der Waals surface area contributed by atoms with Crippen molar-refractivity contribution >= 4 is 23.7 Å². The molecule has 8 nitrogen and oxygen atoms in total. The molecule has 0 aromatic heterocycles. The standard InChI is InChI=1S/C21H27N3O5/c22-19(26)18(15-8-4-9-16(25)12-15)23-20(27)17-10-5-11-24(17)21(28)29-13-14-6-2-1-3-7-14/h1-3,6-7,15,17-18H,4-5,8-13H2,(H2,22,26)(H,23,27)/t15-,17-,18-/m1/s1. The van der Waals surface area contributed by atoms with Crippen molar-refractivity contribution < 1.29 is 23.9 Å². The van der Waals surface area contributed by atoms with Crippen LogP contribution in [-0.2, 0) is 25.7 Å². The number of Topliss-reactive ketones (excluding diaryl/α,β-unsaturated/α-hetero) is 1. The highest BCUT2D eigenvalue weighted by molar-refractivity contribution is 5.92. The highest BCUT2D eigenvalue weighted by Crippen LogP contribution is 2.25. The quantitative estimate of drug-likeness (QED) is 0.749. The normalized spacial score (nSPS) is 22.8. The van der Waals surface area contributed by atoms with E-state index in [1.54, 1.807) is 0 Å². The van der Waals surface area contributed by atoms with Crippen LogP contribution in [0.4, 0.5) is 4.79 Å². The Hall–Kier alpha value is -2.90. The van der Waals surface area contributed by atoms with Crippen molar-refractivity contribution in [1.82, 2.24) is 10.2 Å². The molecule has 3 N–H and O–H groups in total. The first kappa shape index (κ1) is 20.8. The third-order valence-corrected chi connectivity index (χ3v) is 5.59. The maximum atomic E-state index is 12.8. The Morgan fingerprint density at radius 1 is 1.17 bits per heavy atom. The molecule has 0 unspecified atom stereocenters. The van der Waals surface area contributed by atoms with Crippen LogP contribution in [-0.4, -0.2) is 47.2 Å². The molecule has 2 aliphatic rings. The number of hydrogen-bond acceptors (Lipinski definition) is 5. The number of nitrogens with one attached hydrogen (secondary N) is 1. The molecule has 3 amide bonds. The van der Waals surface area contributed by atoms with E-state index in [2.05, 4.69) is 5.32 Å². The summed E-state index contributed by atoms with van der Waals surface area (Å²) in [6.07, 6.45) is 2.68. The summed E-state index contributed by atoms with van der Waals surface area (Å²) >= 11 is 0. The van der Waals surface area contributed by atoms with Crippen LogP contribution in [0.1, 0.15) is 44.1 Å². The molecule has 1 heterocycles. The lowest BCUT2D eigenvalue weighted by molar-refractivity contribution is -0.132. The Labute approximate surface area is 169 Å². The Kier molecular flexibility index (Phi) is 6.85. The fourth-order valence-corrected chi connectivity index (χ4v) is 4.07. The Bertz CT molecular complexity index is 767. The number of likely N-dealkylation sites (tertiary alicyclic amines) is 1. The van der Waals surface area contributed by atoms with Gasteiger partial charge in [0.05, 0.1) is 0 Å². The highest BCUT2D eigenvalue weighted by atomic mass is 16.6. The largest absolute Gasteiger partial charge is 0.445 e. The van der Waals surface area contributed by atoms with Gasteiger partial charge in [-0.2, -0.15) is 0 Å². The van der Waals surface area contributed by atoms with E-state index in [-0.39, 0.29) is 24.7 Å². The highest BCUT2D eigenvalue weighted by Gasteiger charge is 2.38. The molecular weight excluding hydrogens is 374 g/mol. The molecule has 1 aromatic rings. The number of nitrogens with zero attached hydrogens (tertiary/aromatic N) is 1. The number of hydrogen-bond donors (Lipinski definition) is 2. The SMILES string of the molecule is NC(=O)[C@H](NC(=O)[C@H]1CCCN1C(=O)OCc1ccccc1)[C@@H]1CCCC(=O)C1. The van der Waals surface area contributed by atoms with E-state index >= 15 is 0 Å². The molecule has 0 spiro atoms. The molecule has 1 saturated heterocycles. The number of ketones is 1. The summed E-state index contributed by atoms with van der Waals surface area (Å²) in [7, 11) is 0. The van der Waals surface area contributed by atoms with Crippen molar-refractivity contribution in [2.75, 3.05) is 6.54 Å². The first-order valence-electron chi connectivity index (χ1n) is 10.0. The van der Waals surface area contributed by atoms with Crippen LogP contribution in [0.3, 0.4) is 0 Å². The molecule has 1 aliphatic carbocycles. The summed E-state index contributed by atoms with van der Waals surface area (Å²) in [5, 5.41) is 2.69. The van der Waals surface area contributed by atoms with Crippen LogP contribution >= 0.6 is 0 Å². The third-order valence-electron chi connectivity index (χ3n) is 5.59. The zero-order chi connectivity index (χ0) is 20.8. The van der Waals surface area contributed by atoms with Gasteiger partial charge in [-0.15, -0.1) is 0 Å². The molecule has 0 bridgehead atoms. The molecule has 0 radical (unpaired) electrons. The van der Waals surface area contributed by atoms with Gasteiger partial charge in [-0.25, -0.2) is 4.79 Å². The second-order valence-electron chi connectivity index (χ2n) is 7.68. The Morgan fingerprint density at radius 2 is 1.93 bits per heavy atom. The smallest absolute Gasteiger partial charge is 0.410 e. The summed E-state index contributed by atoms with van der Waals surface area (Å²) < 4.78 is 5.35. The van der Waals surface area contributed by atoms with Gasteiger partial charge < -0.3 is 15.8 Å². The zero-order valence-corrected chi connectivity index (χ0v) is 16.3. The molecule has 1 saturated carbocycles. The van der Waals surface area contributed by atoms with Gasteiger partial charge >= 0.3 is 6.09 Å². The summed E-state index contributed by atoms with van der Waals surface area (Å²) in [5.41, 5.74) is 6.35. The van der Waals surface area contributed by atoms with Crippen molar-refractivity contribution in [3.63, 3.8) is 0 Å². The van der Waals surface area contributed by atoms with E-state index in [0.717, 1.165) is 5.56 Å². The van der Waals surface area contributed by atoms with E-state index in [0.29, 0.717) is 38.6 Å². The van der Waals surface area contributed by atoms with Crippen LogP contribution in [0.25, 0.3) is 0 Å². The Morgan fingerprint density at radius 3 is 2.62 bits per heavy atom. The number of amides is 3. The van der Waals surface area contributed by atoms with E-state index < -0.39 is 30.0 Å². The molecule has 156 valence electrons. The molecular formula is C21H27N3O5. The molecule has 2 fully saturated rings. The van der Waals surface area contributed by atoms with Gasteiger partial charge in [-0.3, -0.25) is 19.3 Å². The predicted octanol–water partition coefficient (Wildman–Crippen LogP) is 1.52. The maximum absolute atomic E-state index is 12.8. The van der Waals surface area contributed by atoms with Crippen LogP contribution < -0.4 is 11.1 Å². The lowest BCUT2D eigenvalue weighted by Crippen LogP contribution is -2.55. The van der Waals surface area contributed by atoms with Gasteiger partial charge in [0.2, 0.25) is 11.8 Å². The first-order valence-corrected chi connectivity index (χ1v) is 10.0. The lowest BCUT2D eigenvalue weighted by atomic mass is 9.82. The van der Waals surface area contributed by atoms with Crippen LogP contribution in [0.2, 0.25) is 0 Å². The second kappa shape index (κ2) is 9.54. The zero-order valence-electron chi connectivity index (χ0n) is 16.3. The minimum Gasteiger partial charge on any atom is -0.445 e. The first-order chi connectivity index (χ1) is 14.0. The number of benzene rings is 1. The topological polar surface area (TPSA) is 119 Å². The lowest BCUT2D eigenvalue weighted by Gasteiger charge is -2.30. The predicted molar refractivity (Wildman–Crippen MR) is 104 cm³/mol. The van der Waals surface area contributed by atoms with Crippen molar-refractivity contribution in [3.8, 4) is 0 Å². The van der Waals surface area contributed by atoms with Gasteiger partial charge in [-0.1, -0.05) is 30.3 Å². The van der Waals surface area contributed by atoms with Gasteiger partial charge in [-0.05, 0) is 37.2 Å². The molecule has 1 aromatic carbocycles. The molecule has 8 heteroatoms. The summed E-state index contributed by atoms with van der Waals surface area (Å²) in [5.74, 6) is -1.30. The van der Waals surface area contributed by atoms with Crippen LogP contribution in [0.15, 0.2) is 30.3 Å². The number of nitrogens with two attached hydrogens (primary N) is 1. The van der Waals surface area contributed by atoms with Crippen molar-refractivity contribution in [2.24, 2.45) is 11.7 Å². The second-order valence-corrected chi connectivity index (χ2v) is 7.68. The Balaban J connectivity index is 1.60. The van der Waals surface area contributed by atoms with Crippen molar-refractivity contribution in [3.05, 3.63) is 35.9 Å². The van der Waals surface area contributed by atoms with Gasteiger partial charge in [0.25, 0.3) is 0 Å². The molecule has 29 heavy (non-hydrogen) atoms. The minimum absolute atomic E-state index is 0.0775. The summed E-state index contributed by atoms with van der Waals surface area (Å²) in [4.78, 5) is 50.4. The van der Waals surface area contributed by atoms with Gasteiger partial charge in [0.1, 0.15) is 24.5 Å². The van der Waals surface area contributed by atoms with E-state index in [9.17, 15) is 19.2 Å². The van der Waals surface area contributed by atoms with E-state index in [1.165, 1.54) is 4.90 Å². The van der Waals surface area contributed by atoms with Gasteiger partial charge in [0, 0.05) is 19.4 Å². The fraction of sp³-hybridized carbons (Fsp3) is 0.524. The number of primary amides is 1. The third kappa shape index (κ3) is 5.34. The molecule has 1 aliphatic heterocycles. The fourth-order valence-electron chi connectivity index (χ4n) is 4.07. The number of carbonyl (C=O) groups excluding carboxylic acids is 4. The average Bonchev–Trinajstić information content (AvgIpc) is 3.21. The van der Waals surface area contributed by atoms with E-state index in [1.807, 2.05) is 30.3 Å². The molecule has 3 rings (SSSR count). The minimum atomic E-state index is -0.908. The monoisotopic (exact) mass is 401 g/mol. The summed E-state index contributed by atoms with van der Waals surface area (Å²) in [6, 6.07) is 7.68. The number of ether oxygens (including phenoxy) is 1. The average molecular weight is 401 g/mol. The number of rotatable bonds is 6. The van der Waals surface area contributed by atoms with E-state index in [4.69, 9.17) is 10.5 Å².